The van der Waals surface area contributed by atoms with Crippen LogP contribution in [0.25, 0.3) is 0 Å². The Bertz CT molecular complexity index is 730. The second kappa shape index (κ2) is 8.89. The normalized spacial score (nSPS) is 19.8. The largest absolute Gasteiger partial charge is 0.379 e. The molecule has 3 rings (SSSR count). The third-order valence-electron chi connectivity index (χ3n) is 4.76. The molecule has 2 saturated heterocycles. The van der Waals surface area contributed by atoms with Gasteiger partial charge in [0, 0.05) is 45.1 Å². The summed E-state index contributed by atoms with van der Waals surface area (Å²) in [4.78, 5) is 21.6. The first-order valence-electron chi connectivity index (χ1n) is 8.83. The minimum absolute atomic E-state index is 0.175. The Morgan fingerprint density at radius 2 is 1.81 bits per heavy atom. The predicted molar refractivity (Wildman–Crippen MR) is 95.5 cm³/mol. The van der Waals surface area contributed by atoms with E-state index in [4.69, 9.17) is 9.94 Å². The van der Waals surface area contributed by atoms with E-state index in [2.05, 4.69) is 14.7 Å². The van der Waals surface area contributed by atoms with Gasteiger partial charge >= 0.3 is 0 Å². The smallest absolute Gasteiger partial charge is 0.279 e. The molecule has 0 unspecified atom stereocenters. The van der Waals surface area contributed by atoms with Crippen LogP contribution in [0.5, 0.6) is 0 Å². The predicted octanol–water partition coefficient (Wildman–Crippen LogP) is -1.02. The second-order valence-corrected chi connectivity index (χ2v) is 8.26. The van der Waals surface area contributed by atoms with Gasteiger partial charge in [-0.1, -0.05) is 0 Å². The molecule has 27 heavy (non-hydrogen) atoms. The molecule has 1 amide bonds. The number of hydrogen-bond donors (Lipinski definition) is 3. The molecule has 0 bridgehead atoms. The van der Waals surface area contributed by atoms with Crippen LogP contribution in [-0.4, -0.2) is 79.7 Å². The van der Waals surface area contributed by atoms with Crippen molar-refractivity contribution < 1.29 is 23.2 Å². The van der Waals surface area contributed by atoms with Crippen LogP contribution in [0.15, 0.2) is 12.4 Å². The molecular weight excluding hydrogens is 376 g/mol. The van der Waals surface area contributed by atoms with Crippen LogP contribution >= 0.6 is 0 Å². The monoisotopic (exact) mass is 400 g/mol. The van der Waals surface area contributed by atoms with Crippen molar-refractivity contribution in [1.29, 1.82) is 0 Å². The van der Waals surface area contributed by atoms with Crippen LogP contribution in [0.3, 0.4) is 0 Å². The third kappa shape index (κ3) is 5.11. The van der Waals surface area contributed by atoms with Crippen LogP contribution < -0.4 is 15.1 Å². The number of nitrogens with zero attached hydrogens (tertiary/aromatic N) is 4. The van der Waals surface area contributed by atoms with E-state index >= 15 is 0 Å². The summed E-state index contributed by atoms with van der Waals surface area (Å²) < 4.78 is 33.9. The number of hydroxylamine groups is 1. The number of aromatic nitrogens is 2. The number of morpholine rings is 1. The van der Waals surface area contributed by atoms with Crippen LogP contribution in [0, 0.1) is 5.92 Å². The van der Waals surface area contributed by atoms with Crippen molar-refractivity contribution in [3.8, 4) is 0 Å². The van der Waals surface area contributed by atoms with Gasteiger partial charge in [0.25, 0.3) is 16.1 Å². The number of anilines is 1. The lowest BCUT2D eigenvalue weighted by atomic mass is 9.97. The summed E-state index contributed by atoms with van der Waals surface area (Å²) in [6.07, 6.45) is 4.34. The van der Waals surface area contributed by atoms with Gasteiger partial charge in [-0.15, -0.1) is 0 Å². The van der Waals surface area contributed by atoms with Gasteiger partial charge in [-0.3, -0.25) is 10.0 Å². The molecular formula is C15H24N6O5S. The van der Waals surface area contributed by atoms with Gasteiger partial charge in [0.05, 0.1) is 18.8 Å². The summed E-state index contributed by atoms with van der Waals surface area (Å²) in [5.41, 5.74) is 1.71. The standard InChI is InChI=1S/C15H24N6O5S/c22-14(19-23)13-10-16-15(17-11-13)20-3-1-12(2-4-20)9-18-27(24,25)21-5-7-26-8-6-21/h10-12,18,23H,1-9H2,(H,19,22). The lowest BCUT2D eigenvalue weighted by molar-refractivity contribution is 0.0705. The maximum absolute atomic E-state index is 12.3. The molecule has 2 fully saturated rings. The maximum atomic E-state index is 12.3. The lowest BCUT2D eigenvalue weighted by Gasteiger charge is -2.32. The zero-order valence-corrected chi connectivity index (χ0v) is 15.7. The number of hydrogen-bond acceptors (Lipinski definition) is 8. The summed E-state index contributed by atoms with van der Waals surface area (Å²) in [7, 11) is -3.46. The van der Waals surface area contributed by atoms with E-state index < -0.39 is 16.1 Å². The fraction of sp³-hybridized carbons (Fsp3) is 0.667. The van der Waals surface area contributed by atoms with E-state index in [1.165, 1.54) is 22.2 Å². The quantitative estimate of drug-likeness (QED) is 0.408. The Morgan fingerprint density at radius 1 is 1.19 bits per heavy atom. The minimum Gasteiger partial charge on any atom is -0.379 e. The van der Waals surface area contributed by atoms with E-state index in [0.29, 0.717) is 51.9 Å². The Hall–Kier alpha value is -1.86. The summed E-state index contributed by atoms with van der Waals surface area (Å²) >= 11 is 0. The molecule has 1 aromatic rings. The van der Waals surface area contributed by atoms with Gasteiger partial charge in [-0.25, -0.2) is 20.2 Å². The first-order chi connectivity index (χ1) is 13.0. The molecule has 12 heteroatoms. The topological polar surface area (TPSA) is 137 Å². The summed E-state index contributed by atoms with van der Waals surface area (Å²) in [6, 6.07) is 0. The SMILES string of the molecule is O=C(NO)c1cnc(N2CCC(CNS(=O)(=O)N3CCOCC3)CC2)nc1. The van der Waals surface area contributed by atoms with E-state index in [1.54, 1.807) is 0 Å². The molecule has 3 N–H and O–H groups in total. The highest BCUT2D eigenvalue weighted by molar-refractivity contribution is 7.87. The van der Waals surface area contributed by atoms with Crippen LogP contribution in [0.1, 0.15) is 23.2 Å². The molecule has 3 heterocycles. The van der Waals surface area contributed by atoms with Gasteiger partial charge in [0.2, 0.25) is 5.95 Å². The van der Waals surface area contributed by atoms with Gasteiger partial charge in [-0.05, 0) is 18.8 Å². The van der Waals surface area contributed by atoms with E-state index in [9.17, 15) is 13.2 Å². The molecule has 0 spiro atoms. The fourth-order valence-electron chi connectivity index (χ4n) is 3.10. The van der Waals surface area contributed by atoms with Crippen molar-refractivity contribution in [3.63, 3.8) is 0 Å². The zero-order chi connectivity index (χ0) is 19.3. The number of nitrogens with one attached hydrogen (secondary N) is 2. The highest BCUT2D eigenvalue weighted by Gasteiger charge is 2.27. The van der Waals surface area contributed by atoms with Crippen molar-refractivity contribution >= 4 is 22.1 Å². The molecule has 0 aromatic carbocycles. The molecule has 2 aliphatic heterocycles. The van der Waals surface area contributed by atoms with Crippen molar-refractivity contribution in [1.82, 2.24) is 24.5 Å². The summed E-state index contributed by atoms with van der Waals surface area (Å²) in [5, 5.41) is 8.60. The Kier molecular flexibility index (Phi) is 6.55. The Balaban J connectivity index is 1.46. The molecule has 0 aliphatic carbocycles. The van der Waals surface area contributed by atoms with Crippen molar-refractivity contribution in [2.24, 2.45) is 5.92 Å². The minimum atomic E-state index is -3.46. The molecule has 150 valence electrons. The number of carbonyl (C=O) groups is 1. The summed E-state index contributed by atoms with van der Waals surface area (Å²) in [6.45, 7) is 3.44. The Morgan fingerprint density at radius 3 is 2.41 bits per heavy atom. The van der Waals surface area contributed by atoms with Crippen molar-refractivity contribution in [2.75, 3.05) is 50.8 Å². The molecule has 0 atom stereocenters. The van der Waals surface area contributed by atoms with Crippen LogP contribution in [0.4, 0.5) is 5.95 Å². The fourth-order valence-corrected chi connectivity index (χ4v) is 4.36. The highest BCUT2D eigenvalue weighted by atomic mass is 32.2. The van der Waals surface area contributed by atoms with Gasteiger partial charge in [0.1, 0.15) is 0 Å². The van der Waals surface area contributed by atoms with Gasteiger partial charge in [-0.2, -0.15) is 12.7 Å². The first kappa shape index (κ1) is 19.9. The first-order valence-corrected chi connectivity index (χ1v) is 10.3. The van der Waals surface area contributed by atoms with Gasteiger partial charge < -0.3 is 9.64 Å². The van der Waals surface area contributed by atoms with E-state index in [-0.39, 0.29) is 11.5 Å². The number of ether oxygens (including phenoxy) is 1. The summed E-state index contributed by atoms with van der Waals surface area (Å²) in [5.74, 6) is 0.0983. The average molecular weight is 400 g/mol. The van der Waals surface area contributed by atoms with E-state index in [0.717, 1.165) is 12.8 Å². The zero-order valence-electron chi connectivity index (χ0n) is 14.9. The third-order valence-corrected chi connectivity index (χ3v) is 6.34. The number of carbonyl (C=O) groups excluding carboxylic acids is 1. The number of rotatable bonds is 6. The molecule has 0 radical (unpaired) electrons. The highest BCUT2D eigenvalue weighted by Crippen LogP contribution is 2.20. The number of piperidine rings is 1. The van der Waals surface area contributed by atoms with Crippen molar-refractivity contribution in [2.45, 2.75) is 12.8 Å². The molecule has 11 nitrogen and oxygen atoms in total. The van der Waals surface area contributed by atoms with Crippen LogP contribution in [0.2, 0.25) is 0 Å². The average Bonchev–Trinajstić information content (AvgIpc) is 2.73. The number of amides is 1. The van der Waals surface area contributed by atoms with Crippen LogP contribution in [-0.2, 0) is 14.9 Å². The molecule has 1 aromatic heterocycles. The maximum Gasteiger partial charge on any atom is 0.279 e. The Labute approximate surface area is 157 Å². The van der Waals surface area contributed by atoms with Gasteiger partial charge in [0.15, 0.2) is 0 Å². The molecule has 2 aliphatic rings. The second-order valence-electron chi connectivity index (χ2n) is 6.51. The van der Waals surface area contributed by atoms with Crippen molar-refractivity contribution in [3.05, 3.63) is 18.0 Å². The molecule has 0 saturated carbocycles. The van der Waals surface area contributed by atoms with E-state index in [1.807, 2.05) is 4.90 Å². The lowest BCUT2D eigenvalue weighted by Crippen LogP contribution is -2.48.